The number of fused-ring (bicyclic) bond motifs is 2. The molecule has 0 saturated carbocycles. The quantitative estimate of drug-likeness (QED) is 0.793. The lowest BCUT2D eigenvalue weighted by molar-refractivity contribution is -0.0890. The Morgan fingerprint density at radius 3 is 2.78 bits per heavy atom. The van der Waals surface area contributed by atoms with E-state index in [1.165, 1.54) is 11.1 Å². The highest BCUT2D eigenvalue weighted by molar-refractivity contribution is 5.31. The lowest BCUT2D eigenvalue weighted by Crippen LogP contribution is -2.48. The molecule has 0 bridgehead atoms. The minimum Gasteiger partial charge on any atom is -0.359 e. The molecule has 2 aliphatic heterocycles. The molecular formula is C16H23NO. The van der Waals surface area contributed by atoms with Crippen LogP contribution in [0.1, 0.15) is 38.3 Å². The Balaban J connectivity index is 1.87. The lowest BCUT2D eigenvalue weighted by Gasteiger charge is -2.40. The largest absolute Gasteiger partial charge is 0.359 e. The second-order valence-electron chi connectivity index (χ2n) is 6.34. The van der Waals surface area contributed by atoms with Gasteiger partial charge in [-0.1, -0.05) is 38.1 Å². The fraction of sp³-hybridized carbons (Fsp3) is 0.625. The summed E-state index contributed by atoms with van der Waals surface area (Å²) in [5.74, 6) is 0.672. The third-order valence-electron chi connectivity index (χ3n) is 4.34. The molecule has 18 heavy (non-hydrogen) atoms. The van der Waals surface area contributed by atoms with Crippen molar-refractivity contribution in [3.8, 4) is 0 Å². The molecule has 3 rings (SSSR count). The predicted molar refractivity (Wildman–Crippen MR) is 73.3 cm³/mol. The molecule has 98 valence electrons. The monoisotopic (exact) mass is 245 g/mol. The van der Waals surface area contributed by atoms with E-state index in [1.54, 1.807) is 0 Å². The summed E-state index contributed by atoms with van der Waals surface area (Å²) in [6.07, 6.45) is 2.26. The molecule has 2 heterocycles. The number of hydrogen-bond donors (Lipinski definition) is 0. The summed E-state index contributed by atoms with van der Waals surface area (Å²) in [5, 5.41) is 0. The number of ether oxygens (including phenoxy) is 1. The Hall–Kier alpha value is -0.860. The van der Waals surface area contributed by atoms with Gasteiger partial charge in [-0.3, -0.25) is 4.90 Å². The van der Waals surface area contributed by atoms with E-state index in [0.717, 1.165) is 26.0 Å². The second kappa shape index (κ2) is 4.36. The molecule has 2 heteroatoms. The lowest BCUT2D eigenvalue weighted by atomic mass is 9.92. The smallest absolute Gasteiger partial charge is 0.119 e. The Bertz CT molecular complexity index is 442. The summed E-state index contributed by atoms with van der Waals surface area (Å²) in [4.78, 5) is 2.58. The topological polar surface area (TPSA) is 12.5 Å². The van der Waals surface area contributed by atoms with Crippen molar-refractivity contribution < 1.29 is 4.74 Å². The van der Waals surface area contributed by atoms with Gasteiger partial charge in [0.1, 0.15) is 5.72 Å². The molecule has 2 atom stereocenters. The number of benzene rings is 1. The van der Waals surface area contributed by atoms with E-state index in [9.17, 15) is 0 Å². The zero-order valence-corrected chi connectivity index (χ0v) is 11.6. The van der Waals surface area contributed by atoms with Crippen LogP contribution in [0.2, 0.25) is 0 Å². The van der Waals surface area contributed by atoms with Gasteiger partial charge in [0, 0.05) is 12.6 Å². The molecule has 1 fully saturated rings. The van der Waals surface area contributed by atoms with Crippen LogP contribution in [0.5, 0.6) is 0 Å². The summed E-state index contributed by atoms with van der Waals surface area (Å²) in [6.45, 7) is 8.75. The molecule has 2 aliphatic rings. The summed E-state index contributed by atoms with van der Waals surface area (Å²) in [6, 6.07) is 9.40. The van der Waals surface area contributed by atoms with Crippen LogP contribution in [0.4, 0.5) is 0 Å². The van der Waals surface area contributed by atoms with Gasteiger partial charge < -0.3 is 4.74 Å². The van der Waals surface area contributed by atoms with Gasteiger partial charge in [-0.25, -0.2) is 0 Å². The SMILES string of the molecule is CC(C)CC1(C)OCC2Cc3ccccc3CN21. The number of rotatable bonds is 2. The molecule has 0 spiro atoms. The van der Waals surface area contributed by atoms with E-state index >= 15 is 0 Å². The highest BCUT2D eigenvalue weighted by Crippen LogP contribution is 2.38. The van der Waals surface area contributed by atoms with Crippen LogP contribution in [0.25, 0.3) is 0 Å². The highest BCUT2D eigenvalue weighted by Gasteiger charge is 2.45. The van der Waals surface area contributed by atoms with E-state index in [2.05, 4.69) is 49.9 Å². The predicted octanol–water partition coefficient (Wildman–Crippen LogP) is 3.21. The fourth-order valence-electron chi connectivity index (χ4n) is 3.58. The molecule has 1 saturated heterocycles. The van der Waals surface area contributed by atoms with Crippen LogP contribution in [-0.2, 0) is 17.7 Å². The summed E-state index contributed by atoms with van der Waals surface area (Å²) < 4.78 is 6.16. The van der Waals surface area contributed by atoms with Gasteiger partial charge in [0.2, 0.25) is 0 Å². The van der Waals surface area contributed by atoms with Crippen LogP contribution < -0.4 is 0 Å². The summed E-state index contributed by atoms with van der Waals surface area (Å²) in [5.41, 5.74) is 2.93. The fourth-order valence-corrected chi connectivity index (χ4v) is 3.58. The average Bonchev–Trinajstić information content (AvgIpc) is 2.63. The van der Waals surface area contributed by atoms with E-state index in [4.69, 9.17) is 4.74 Å². The molecular weight excluding hydrogens is 222 g/mol. The number of nitrogens with zero attached hydrogens (tertiary/aromatic N) is 1. The van der Waals surface area contributed by atoms with Crippen LogP contribution in [0.3, 0.4) is 0 Å². The van der Waals surface area contributed by atoms with Gasteiger partial charge in [-0.05, 0) is 36.8 Å². The Labute approximate surface area is 110 Å². The van der Waals surface area contributed by atoms with Crippen molar-refractivity contribution in [3.63, 3.8) is 0 Å². The molecule has 0 amide bonds. The molecule has 1 aromatic carbocycles. The number of hydrogen-bond acceptors (Lipinski definition) is 2. The molecule has 0 radical (unpaired) electrons. The van der Waals surface area contributed by atoms with Crippen LogP contribution in [0, 0.1) is 5.92 Å². The molecule has 1 aromatic rings. The van der Waals surface area contributed by atoms with Crippen molar-refractivity contribution in [3.05, 3.63) is 35.4 Å². The van der Waals surface area contributed by atoms with E-state index in [1.807, 2.05) is 0 Å². The summed E-state index contributed by atoms with van der Waals surface area (Å²) in [7, 11) is 0. The summed E-state index contributed by atoms with van der Waals surface area (Å²) >= 11 is 0. The van der Waals surface area contributed by atoms with Gasteiger partial charge in [0.05, 0.1) is 6.61 Å². The maximum Gasteiger partial charge on any atom is 0.119 e. The van der Waals surface area contributed by atoms with Crippen molar-refractivity contribution in [2.75, 3.05) is 6.61 Å². The van der Waals surface area contributed by atoms with Gasteiger partial charge in [0.25, 0.3) is 0 Å². The Morgan fingerprint density at radius 2 is 2.06 bits per heavy atom. The van der Waals surface area contributed by atoms with Crippen LogP contribution in [-0.4, -0.2) is 23.3 Å². The maximum absolute atomic E-state index is 6.16. The minimum absolute atomic E-state index is 0.0631. The minimum atomic E-state index is -0.0631. The van der Waals surface area contributed by atoms with Gasteiger partial charge in [-0.2, -0.15) is 0 Å². The van der Waals surface area contributed by atoms with E-state index < -0.39 is 0 Å². The van der Waals surface area contributed by atoms with Crippen LogP contribution in [0.15, 0.2) is 24.3 Å². The van der Waals surface area contributed by atoms with Gasteiger partial charge in [0.15, 0.2) is 0 Å². The first-order valence-electron chi connectivity index (χ1n) is 7.06. The standard InChI is InChI=1S/C16H23NO/c1-12(2)9-16(3)17-10-14-7-5-4-6-13(14)8-15(17)11-18-16/h4-7,12,15H,8-11H2,1-3H3. The molecule has 2 nitrogen and oxygen atoms in total. The zero-order valence-electron chi connectivity index (χ0n) is 11.6. The van der Waals surface area contributed by atoms with E-state index in [0.29, 0.717) is 12.0 Å². The van der Waals surface area contributed by atoms with Gasteiger partial charge in [-0.15, -0.1) is 0 Å². The third kappa shape index (κ3) is 1.98. The normalized spacial score (nSPS) is 31.4. The van der Waals surface area contributed by atoms with Crippen molar-refractivity contribution in [2.45, 2.75) is 51.9 Å². The third-order valence-corrected chi connectivity index (χ3v) is 4.34. The average molecular weight is 245 g/mol. The first kappa shape index (κ1) is 12.2. The molecule has 0 N–H and O–H groups in total. The maximum atomic E-state index is 6.16. The van der Waals surface area contributed by atoms with Crippen molar-refractivity contribution in [1.29, 1.82) is 0 Å². The Kier molecular flexibility index (Phi) is 2.95. The first-order chi connectivity index (χ1) is 8.58. The van der Waals surface area contributed by atoms with Crippen molar-refractivity contribution in [2.24, 2.45) is 5.92 Å². The second-order valence-corrected chi connectivity index (χ2v) is 6.34. The Morgan fingerprint density at radius 1 is 1.33 bits per heavy atom. The van der Waals surface area contributed by atoms with E-state index in [-0.39, 0.29) is 5.72 Å². The van der Waals surface area contributed by atoms with Gasteiger partial charge >= 0.3 is 0 Å². The molecule has 0 aromatic heterocycles. The van der Waals surface area contributed by atoms with Crippen molar-refractivity contribution in [1.82, 2.24) is 4.90 Å². The first-order valence-corrected chi connectivity index (χ1v) is 7.06. The van der Waals surface area contributed by atoms with Crippen LogP contribution >= 0.6 is 0 Å². The molecule has 2 unspecified atom stereocenters. The zero-order chi connectivity index (χ0) is 12.8. The van der Waals surface area contributed by atoms with Crippen molar-refractivity contribution >= 4 is 0 Å². The molecule has 0 aliphatic carbocycles. The highest BCUT2D eigenvalue weighted by atomic mass is 16.5.